The predicted octanol–water partition coefficient (Wildman–Crippen LogP) is 1.15. The Bertz CT molecular complexity index is 425. The molecule has 0 aromatic carbocycles. The minimum Gasteiger partial charge on any atom is -0.480 e. The van der Waals surface area contributed by atoms with E-state index in [4.69, 9.17) is 5.11 Å². The Morgan fingerprint density at radius 3 is 2.14 bits per heavy atom. The van der Waals surface area contributed by atoms with Crippen LogP contribution in [-0.2, 0) is 19.2 Å². The fourth-order valence-corrected chi connectivity index (χ4v) is 4.42. The molecule has 0 aromatic heterocycles. The van der Waals surface area contributed by atoms with Gasteiger partial charge >= 0.3 is 5.97 Å². The van der Waals surface area contributed by atoms with Gasteiger partial charge in [0.05, 0.1) is 11.8 Å². The number of carbonyl (C=O) groups excluding carboxylic acids is 3. The van der Waals surface area contributed by atoms with Crippen molar-refractivity contribution in [1.82, 2.24) is 4.90 Å². The molecule has 0 spiro atoms. The van der Waals surface area contributed by atoms with Gasteiger partial charge in [-0.2, -0.15) is 0 Å². The molecular formula is C12H17NO5S3. The highest BCUT2D eigenvalue weighted by molar-refractivity contribution is 8.14. The van der Waals surface area contributed by atoms with Crippen molar-refractivity contribution in [3.63, 3.8) is 0 Å². The van der Waals surface area contributed by atoms with Gasteiger partial charge in [-0.25, -0.2) is 4.79 Å². The maximum atomic E-state index is 12.5. The van der Waals surface area contributed by atoms with Gasteiger partial charge in [0.1, 0.15) is 6.04 Å². The third-order valence-electron chi connectivity index (χ3n) is 2.78. The molecule has 1 N–H and O–H groups in total. The van der Waals surface area contributed by atoms with Crippen molar-refractivity contribution in [3.05, 3.63) is 0 Å². The van der Waals surface area contributed by atoms with Crippen molar-refractivity contribution in [3.8, 4) is 0 Å². The van der Waals surface area contributed by atoms with Crippen LogP contribution in [0.25, 0.3) is 0 Å². The lowest BCUT2D eigenvalue weighted by Gasteiger charge is -2.25. The molecule has 1 unspecified atom stereocenters. The molecule has 1 rings (SSSR count). The number of nitrogens with zero attached hydrogens (tertiary/aromatic N) is 1. The quantitative estimate of drug-likeness (QED) is 0.762. The first-order valence-corrected chi connectivity index (χ1v) is 9.33. The van der Waals surface area contributed by atoms with E-state index in [1.807, 2.05) is 0 Å². The van der Waals surface area contributed by atoms with Gasteiger partial charge in [0.15, 0.2) is 10.2 Å². The first kappa shape index (κ1) is 18.4. The number of hydrogen-bond donors (Lipinski definition) is 1. The lowest BCUT2D eigenvalue weighted by Crippen LogP contribution is -2.45. The average molecular weight is 351 g/mol. The van der Waals surface area contributed by atoms with Crippen LogP contribution in [0.3, 0.4) is 0 Å². The summed E-state index contributed by atoms with van der Waals surface area (Å²) in [4.78, 5) is 47.1. The molecule has 0 radical (unpaired) electrons. The van der Waals surface area contributed by atoms with E-state index >= 15 is 0 Å². The number of carboxylic acids is 1. The maximum Gasteiger partial charge on any atom is 0.327 e. The summed E-state index contributed by atoms with van der Waals surface area (Å²) in [5.74, 6) is -0.618. The SMILES string of the molecule is CC(=O)SCC(CSC(C)=O)C(=O)N1CSCC1C(=O)O. The Morgan fingerprint density at radius 2 is 1.71 bits per heavy atom. The summed E-state index contributed by atoms with van der Waals surface area (Å²) in [6, 6.07) is -0.824. The zero-order chi connectivity index (χ0) is 16.0. The number of carboxylic acid groups (broad SMARTS) is 1. The third-order valence-corrected chi connectivity index (χ3v) is 5.74. The zero-order valence-electron chi connectivity index (χ0n) is 11.7. The molecule has 9 heteroatoms. The Hall–Kier alpha value is -0.670. The van der Waals surface area contributed by atoms with Gasteiger partial charge in [-0.1, -0.05) is 23.5 Å². The zero-order valence-corrected chi connectivity index (χ0v) is 14.2. The van der Waals surface area contributed by atoms with E-state index < -0.39 is 17.9 Å². The molecular weight excluding hydrogens is 334 g/mol. The Morgan fingerprint density at radius 1 is 1.19 bits per heavy atom. The van der Waals surface area contributed by atoms with Crippen LogP contribution in [0, 0.1) is 5.92 Å². The maximum absolute atomic E-state index is 12.5. The first-order chi connectivity index (χ1) is 9.82. The number of carbonyl (C=O) groups is 4. The van der Waals surface area contributed by atoms with E-state index in [0.717, 1.165) is 23.5 Å². The van der Waals surface area contributed by atoms with E-state index in [9.17, 15) is 19.2 Å². The molecule has 1 atom stereocenters. The fraction of sp³-hybridized carbons (Fsp3) is 0.667. The van der Waals surface area contributed by atoms with Crippen molar-refractivity contribution in [1.29, 1.82) is 0 Å². The van der Waals surface area contributed by atoms with Gasteiger partial charge in [0.25, 0.3) is 0 Å². The molecule has 0 bridgehead atoms. The number of amides is 1. The average Bonchev–Trinajstić information content (AvgIpc) is 2.86. The number of hydrogen-bond acceptors (Lipinski definition) is 7. The van der Waals surface area contributed by atoms with Crippen molar-refractivity contribution in [2.24, 2.45) is 5.92 Å². The second kappa shape index (κ2) is 8.70. The van der Waals surface area contributed by atoms with Crippen LogP contribution < -0.4 is 0 Å². The summed E-state index contributed by atoms with van der Waals surface area (Å²) in [5.41, 5.74) is 0. The highest BCUT2D eigenvalue weighted by Crippen LogP contribution is 2.26. The summed E-state index contributed by atoms with van der Waals surface area (Å²) < 4.78 is 0. The van der Waals surface area contributed by atoms with Gasteiger partial charge in [-0.15, -0.1) is 11.8 Å². The molecule has 0 saturated carbocycles. The molecule has 1 amide bonds. The van der Waals surface area contributed by atoms with Crippen LogP contribution in [0.2, 0.25) is 0 Å². The van der Waals surface area contributed by atoms with Crippen LogP contribution in [0.4, 0.5) is 0 Å². The van der Waals surface area contributed by atoms with Crippen molar-refractivity contribution >= 4 is 57.4 Å². The summed E-state index contributed by atoms with van der Waals surface area (Å²) in [7, 11) is 0. The number of aliphatic carboxylic acids is 1. The molecule has 0 aliphatic carbocycles. The molecule has 1 aliphatic rings. The highest BCUT2D eigenvalue weighted by Gasteiger charge is 2.37. The van der Waals surface area contributed by atoms with Gasteiger partial charge in [0, 0.05) is 31.1 Å². The Kier molecular flexibility index (Phi) is 7.61. The molecule has 21 heavy (non-hydrogen) atoms. The predicted molar refractivity (Wildman–Crippen MR) is 85.4 cm³/mol. The van der Waals surface area contributed by atoms with E-state index in [0.29, 0.717) is 11.6 Å². The largest absolute Gasteiger partial charge is 0.480 e. The summed E-state index contributed by atoms with van der Waals surface area (Å²) in [6.45, 7) is 2.83. The normalized spacial score (nSPS) is 18.0. The van der Waals surface area contributed by atoms with Gasteiger partial charge in [0.2, 0.25) is 5.91 Å². The lowest BCUT2D eigenvalue weighted by molar-refractivity contribution is -0.148. The van der Waals surface area contributed by atoms with E-state index in [-0.39, 0.29) is 27.6 Å². The molecule has 1 aliphatic heterocycles. The molecule has 6 nitrogen and oxygen atoms in total. The summed E-state index contributed by atoms with van der Waals surface area (Å²) in [5, 5.41) is 8.91. The number of thioether (sulfide) groups is 3. The van der Waals surface area contributed by atoms with Gasteiger partial charge in [-0.3, -0.25) is 14.4 Å². The van der Waals surface area contributed by atoms with E-state index in [2.05, 4.69) is 0 Å². The van der Waals surface area contributed by atoms with Crippen LogP contribution in [0.15, 0.2) is 0 Å². The second-order valence-corrected chi connectivity index (χ2v) is 7.86. The topological polar surface area (TPSA) is 91.8 Å². The Balaban J connectivity index is 2.74. The standard InChI is InChI=1S/C12H17NO5S3/c1-7(14)20-3-9(4-21-8(2)15)11(16)13-6-19-5-10(13)12(17)18/h9-10H,3-6H2,1-2H3,(H,17,18). The van der Waals surface area contributed by atoms with Gasteiger partial charge < -0.3 is 10.0 Å². The molecule has 0 aromatic rings. The summed E-state index contributed by atoms with van der Waals surface area (Å²) in [6.07, 6.45) is 0. The minimum atomic E-state index is -1.02. The second-order valence-electron chi connectivity index (χ2n) is 4.46. The summed E-state index contributed by atoms with van der Waals surface area (Å²) >= 11 is 3.43. The molecule has 1 fully saturated rings. The van der Waals surface area contributed by atoms with Crippen LogP contribution in [0.5, 0.6) is 0 Å². The van der Waals surface area contributed by atoms with Gasteiger partial charge in [-0.05, 0) is 0 Å². The fourth-order valence-electron chi connectivity index (χ4n) is 1.73. The Labute approximate surface area is 135 Å². The molecule has 118 valence electrons. The monoisotopic (exact) mass is 351 g/mol. The molecule has 1 heterocycles. The van der Waals surface area contributed by atoms with Crippen LogP contribution in [-0.4, -0.2) is 61.3 Å². The van der Waals surface area contributed by atoms with E-state index in [1.54, 1.807) is 0 Å². The highest BCUT2D eigenvalue weighted by atomic mass is 32.2. The smallest absolute Gasteiger partial charge is 0.327 e. The van der Waals surface area contributed by atoms with E-state index in [1.165, 1.54) is 30.5 Å². The van der Waals surface area contributed by atoms with Crippen LogP contribution >= 0.6 is 35.3 Å². The number of rotatable bonds is 6. The van der Waals surface area contributed by atoms with Crippen LogP contribution in [0.1, 0.15) is 13.8 Å². The van der Waals surface area contributed by atoms with Crippen molar-refractivity contribution < 1.29 is 24.3 Å². The van der Waals surface area contributed by atoms with Crippen molar-refractivity contribution in [2.75, 3.05) is 23.1 Å². The first-order valence-electron chi connectivity index (χ1n) is 6.20. The molecule has 1 saturated heterocycles. The minimum absolute atomic E-state index is 0.105. The van der Waals surface area contributed by atoms with Crippen molar-refractivity contribution in [2.45, 2.75) is 19.9 Å². The third kappa shape index (κ3) is 5.91. The lowest BCUT2D eigenvalue weighted by atomic mass is 10.1.